The lowest BCUT2D eigenvalue weighted by Crippen LogP contribution is -2.13. The monoisotopic (exact) mass is 225 g/mol. The molecule has 2 nitrogen and oxygen atoms in total. The van der Waals surface area contributed by atoms with E-state index in [1.54, 1.807) is 6.08 Å². The van der Waals surface area contributed by atoms with Gasteiger partial charge in [0.15, 0.2) is 0 Å². The van der Waals surface area contributed by atoms with Crippen LogP contribution >= 0.6 is 12.4 Å². The van der Waals surface area contributed by atoms with E-state index in [1.807, 2.05) is 42.5 Å². The summed E-state index contributed by atoms with van der Waals surface area (Å²) in [5.74, 6) is 5.12. The van der Waals surface area contributed by atoms with Crippen molar-refractivity contribution in [2.45, 2.75) is 12.5 Å². The molecule has 0 saturated heterocycles. The molecule has 0 aliphatic heterocycles. The molecule has 0 radical (unpaired) electrons. The van der Waals surface area contributed by atoms with Crippen LogP contribution in [0.2, 0.25) is 0 Å². The van der Waals surface area contributed by atoms with Gasteiger partial charge in [-0.1, -0.05) is 48.6 Å². The Bertz CT molecular complexity index is 298. The van der Waals surface area contributed by atoms with Gasteiger partial charge in [-0.05, 0) is 12.0 Å². The Hall–Kier alpha value is -1.09. The van der Waals surface area contributed by atoms with Gasteiger partial charge in [0.25, 0.3) is 0 Å². The van der Waals surface area contributed by atoms with Crippen LogP contribution in [0.15, 0.2) is 49.1 Å². The summed E-state index contributed by atoms with van der Waals surface area (Å²) in [6.45, 7) is 3.63. The normalized spacial score (nSPS) is 12.1. The smallest absolute Gasteiger partial charge is 0.101 e. The third-order valence-electron chi connectivity index (χ3n) is 1.88. The lowest BCUT2D eigenvalue weighted by molar-refractivity contribution is 0.0893. The summed E-state index contributed by atoms with van der Waals surface area (Å²) in [5, 5.41) is 0. The van der Waals surface area contributed by atoms with Gasteiger partial charge in [0.1, 0.15) is 6.10 Å². The van der Waals surface area contributed by atoms with Crippen LogP contribution in [0.25, 0.3) is 6.08 Å². The summed E-state index contributed by atoms with van der Waals surface area (Å²) >= 11 is 0. The van der Waals surface area contributed by atoms with E-state index in [9.17, 15) is 0 Å². The Morgan fingerprint density at radius 2 is 2.00 bits per heavy atom. The molecular weight excluding hydrogens is 210 g/mol. The summed E-state index contributed by atoms with van der Waals surface area (Å²) < 4.78 is 0. The van der Waals surface area contributed by atoms with Crippen LogP contribution in [0.3, 0.4) is 0 Å². The maximum absolute atomic E-state index is 5.12. The second-order valence-corrected chi connectivity index (χ2v) is 2.97. The second kappa shape index (κ2) is 8.24. The summed E-state index contributed by atoms with van der Waals surface area (Å²) in [6, 6.07) is 10.0. The lowest BCUT2D eigenvalue weighted by Gasteiger charge is -2.05. The lowest BCUT2D eigenvalue weighted by atomic mass is 10.1. The number of hydrogen-bond acceptors (Lipinski definition) is 2. The first kappa shape index (κ1) is 13.9. The average Bonchev–Trinajstić information content (AvgIpc) is 2.25. The highest BCUT2D eigenvalue weighted by Gasteiger charge is 1.98. The molecule has 0 aromatic heterocycles. The number of halogens is 1. The molecule has 0 aliphatic rings. The minimum absolute atomic E-state index is 0. The number of rotatable bonds is 5. The van der Waals surface area contributed by atoms with Crippen LogP contribution in [-0.2, 0) is 4.84 Å². The van der Waals surface area contributed by atoms with Crippen molar-refractivity contribution >= 4 is 18.5 Å². The quantitative estimate of drug-likeness (QED) is 0.618. The SMILES string of the molecule is C=CCC(C=Cc1ccccc1)ON.Cl. The molecule has 0 amide bonds. The van der Waals surface area contributed by atoms with Gasteiger partial charge in [-0.25, -0.2) is 5.90 Å². The van der Waals surface area contributed by atoms with Gasteiger partial charge >= 0.3 is 0 Å². The fourth-order valence-electron chi connectivity index (χ4n) is 1.13. The number of benzene rings is 1. The van der Waals surface area contributed by atoms with Crippen molar-refractivity contribution in [3.8, 4) is 0 Å². The number of nitrogens with two attached hydrogens (primary N) is 1. The predicted octanol–water partition coefficient (Wildman–Crippen LogP) is 2.96. The summed E-state index contributed by atoms with van der Waals surface area (Å²) in [5.41, 5.74) is 1.14. The minimum Gasteiger partial charge on any atom is -0.297 e. The molecule has 0 fully saturated rings. The third-order valence-corrected chi connectivity index (χ3v) is 1.88. The molecule has 82 valence electrons. The Morgan fingerprint density at radius 1 is 1.33 bits per heavy atom. The fraction of sp³-hybridized carbons (Fsp3) is 0.167. The van der Waals surface area contributed by atoms with E-state index in [-0.39, 0.29) is 18.5 Å². The van der Waals surface area contributed by atoms with Crippen molar-refractivity contribution in [2.24, 2.45) is 5.90 Å². The third kappa shape index (κ3) is 5.37. The zero-order valence-electron chi connectivity index (χ0n) is 8.50. The average molecular weight is 226 g/mol. The second-order valence-electron chi connectivity index (χ2n) is 2.97. The van der Waals surface area contributed by atoms with Gasteiger partial charge in [0.2, 0.25) is 0 Å². The highest BCUT2D eigenvalue weighted by molar-refractivity contribution is 5.85. The molecule has 3 heteroatoms. The van der Waals surface area contributed by atoms with E-state index in [2.05, 4.69) is 6.58 Å². The minimum atomic E-state index is -0.0901. The number of hydrogen-bond donors (Lipinski definition) is 1. The van der Waals surface area contributed by atoms with E-state index in [1.165, 1.54) is 0 Å². The standard InChI is InChI=1S/C12H15NO.ClH/c1-2-6-12(14-13)10-9-11-7-4-3-5-8-11;/h2-5,7-10,12H,1,6,13H2;1H. The van der Waals surface area contributed by atoms with Crippen LogP contribution in [0.5, 0.6) is 0 Å². The van der Waals surface area contributed by atoms with Crippen LogP contribution in [-0.4, -0.2) is 6.10 Å². The molecule has 0 aliphatic carbocycles. The van der Waals surface area contributed by atoms with Crippen molar-refractivity contribution in [2.75, 3.05) is 0 Å². The Kier molecular flexibility index (Phi) is 7.64. The maximum atomic E-state index is 5.12. The van der Waals surface area contributed by atoms with E-state index in [0.717, 1.165) is 12.0 Å². The largest absolute Gasteiger partial charge is 0.297 e. The van der Waals surface area contributed by atoms with E-state index >= 15 is 0 Å². The van der Waals surface area contributed by atoms with E-state index in [0.29, 0.717) is 0 Å². The molecule has 15 heavy (non-hydrogen) atoms. The molecule has 1 unspecified atom stereocenters. The van der Waals surface area contributed by atoms with Crippen LogP contribution in [0.4, 0.5) is 0 Å². The van der Waals surface area contributed by atoms with Gasteiger partial charge in [-0.3, -0.25) is 4.84 Å². The molecule has 0 saturated carbocycles. The summed E-state index contributed by atoms with van der Waals surface area (Å²) in [7, 11) is 0. The summed E-state index contributed by atoms with van der Waals surface area (Å²) in [4.78, 5) is 4.75. The van der Waals surface area contributed by atoms with Gasteiger partial charge in [-0.2, -0.15) is 0 Å². The first-order valence-corrected chi connectivity index (χ1v) is 4.56. The first-order chi connectivity index (χ1) is 6.86. The van der Waals surface area contributed by atoms with Gasteiger partial charge < -0.3 is 0 Å². The van der Waals surface area contributed by atoms with Crippen molar-refractivity contribution < 1.29 is 4.84 Å². The van der Waals surface area contributed by atoms with Gasteiger partial charge in [0, 0.05) is 0 Å². The molecule has 0 heterocycles. The fourth-order valence-corrected chi connectivity index (χ4v) is 1.13. The topological polar surface area (TPSA) is 35.2 Å². The van der Waals surface area contributed by atoms with Crippen molar-refractivity contribution in [3.05, 3.63) is 54.6 Å². The van der Waals surface area contributed by atoms with Crippen LogP contribution < -0.4 is 5.90 Å². The van der Waals surface area contributed by atoms with Crippen molar-refractivity contribution in [3.63, 3.8) is 0 Å². The van der Waals surface area contributed by atoms with E-state index < -0.39 is 0 Å². The molecule has 1 aromatic rings. The van der Waals surface area contributed by atoms with Gasteiger partial charge in [0.05, 0.1) is 0 Å². The predicted molar refractivity (Wildman–Crippen MR) is 66.6 cm³/mol. The van der Waals surface area contributed by atoms with Crippen LogP contribution in [0.1, 0.15) is 12.0 Å². The molecule has 2 N–H and O–H groups in total. The Labute approximate surface area is 96.8 Å². The van der Waals surface area contributed by atoms with Crippen LogP contribution in [0, 0.1) is 0 Å². The molecule has 0 bridgehead atoms. The molecule has 1 atom stereocenters. The summed E-state index contributed by atoms with van der Waals surface area (Å²) in [6.07, 6.45) is 6.33. The molecular formula is C12H16ClNO. The maximum Gasteiger partial charge on any atom is 0.101 e. The van der Waals surface area contributed by atoms with Gasteiger partial charge in [-0.15, -0.1) is 19.0 Å². The highest BCUT2D eigenvalue weighted by atomic mass is 35.5. The first-order valence-electron chi connectivity index (χ1n) is 4.56. The Balaban J connectivity index is 0.00000196. The highest BCUT2D eigenvalue weighted by Crippen LogP contribution is 2.05. The molecule has 1 aromatic carbocycles. The zero-order chi connectivity index (χ0) is 10.2. The zero-order valence-corrected chi connectivity index (χ0v) is 9.32. The van der Waals surface area contributed by atoms with Crippen molar-refractivity contribution in [1.82, 2.24) is 0 Å². The molecule has 0 spiro atoms. The molecule has 1 rings (SSSR count). The van der Waals surface area contributed by atoms with E-state index in [4.69, 9.17) is 10.7 Å². The Morgan fingerprint density at radius 3 is 2.53 bits per heavy atom. The van der Waals surface area contributed by atoms with Crippen molar-refractivity contribution in [1.29, 1.82) is 0 Å².